The second-order valence-electron chi connectivity index (χ2n) is 6.01. The van der Waals surface area contributed by atoms with Crippen LogP contribution in [0.5, 0.6) is 0 Å². The van der Waals surface area contributed by atoms with E-state index in [1.54, 1.807) is 0 Å². The minimum absolute atomic E-state index is 0.0739. The number of hydrogen-bond donors (Lipinski definition) is 2. The van der Waals surface area contributed by atoms with Crippen molar-refractivity contribution in [1.82, 2.24) is 5.32 Å². The Morgan fingerprint density at radius 3 is 2.50 bits per heavy atom. The Balaban J connectivity index is 1.74. The van der Waals surface area contributed by atoms with Crippen molar-refractivity contribution < 1.29 is 14.6 Å². The fourth-order valence-corrected chi connectivity index (χ4v) is 2.83. The van der Waals surface area contributed by atoms with Gasteiger partial charge in [-0.3, -0.25) is 4.79 Å². The van der Waals surface area contributed by atoms with Crippen molar-refractivity contribution >= 4 is 5.91 Å². The molecule has 1 aliphatic carbocycles. The zero-order valence-electron chi connectivity index (χ0n) is 11.3. The van der Waals surface area contributed by atoms with Gasteiger partial charge in [-0.2, -0.15) is 0 Å². The Kier molecular flexibility index (Phi) is 4.62. The predicted octanol–water partition coefficient (Wildman–Crippen LogP) is 1.47. The number of aliphatic hydroxyl groups is 1. The molecule has 2 aliphatic rings. The highest BCUT2D eigenvalue weighted by atomic mass is 16.5. The van der Waals surface area contributed by atoms with Crippen molar-refractivity contribution in [3.8, 4) is 0 Å². The van der Waals surface area contributed by atoms with Gasteiger partial charge in [-0.1, -0.05) is 6.92 Å². The molecule has 4 heteroatoms. The van der Waals surface area contributed by atoms with Gasteiger partial charge in [0.25, 0.3) is 0 Å². The van der Waals surface area contributed by atoms with Gasteiger partial charge >= 0.3 is 0 Å². The topological polar surface area (TPSA) is 58.6 Å². The molecule has 0 spiro atoms. The Morgan fingerprint density at radius 1 is 1.28 bits per heavy atom. The third kappa shape index (κ3) is 3.69. The molecule has 104 valence electrons. The zero-order chi connectivity index (χ0) is 13.0. The number of rotatable bonds is 3. The molecule has 0 unspecified atom stereocenters. The molecule has 0 atom stereocenters. The Bertz CT molecular complexity index is 279. The average Bonchev–Trinajstić information content (AvgIpc) is 2.41. The molecular formula is C14H25NO3. The van der Waals surface area contributed by atoms with Crippen LogP contribution in [0.2, 0.25) is 0 Å². The van der Waals surface area contributed by atoms with Gasteiger partial charge in [0, 0.05) is 25.7 Å². The van der Waals surface area contributed by atoms with Gasteiger partial charge in [0.2, 0.25) is 5.91 Å². The first-order chi connectivity index (χ1) is 8.59. The molecule has 1 amide bonds. The van der Waals surface area contributed by atoms with Crippen molar-refractivity contribution in [2.45, 2.75) is 51.0 Å². The first kappa shape index (κ1) is 13.8. The van der Waals surface area contributed by atoms with Gasteiger partial charge in [0.15, 0.2) is 0 Å². The van der Waals surface area contributed by atoms with Crippen LogP contribution in [0.25, 0.3) is 0 Å². The van der Waals surface area contributed by atoms with Crippen LogP contribution >= 0.6 is 0 Å². The van der Waals surface area contributed by atoms with Crippen LogP contribution in [0, 0.1) is 11.8 Å². The summed E-state index contributed by atoms with van der Waals surface area (Å²) in [4.78, 5) is 12.0. The molecule has 2 rings (SSSR count). The normalized spacial score (nSPS) is 34.2. The third-order valence-electron chi connectivity index (χ3n) is 4.39. The smallest absolute Gasteiger partial charge is 0.223 e. The van der Waals surface area contributed by atoms with E-state index in [0.29, 0.717) is 25.7 Å². The lowest BCUT2D eigenvalue weighted by Crippen LogP contribution is -2.47. The van der Waals surface area contributed by atoms with Crippen molar-refractivity contribution in [2.75, 3.05) is 19.8 Å². The molecule has 1 saturated carbocycles. The number of carbonyl (C=O) groups is 1. The number of ether oxygens (including phenoxy) is 1. The summed E-state index contributed by atoms with van der Waals surface area (Å²) in [5.41, 5.74) is -0.673. The number of carbonyl (C=O) groups excluding carboxylic acids is 1. The fraction of sp³-hybridized carbons (Fsp3) is 0.929. The van der Waals surface area contributed by atoms with Crippen LogP contribution in [-0.4, -0.2) is 36.4 Å². The summed E-state index contributed by atoms with van der Waals surface area (Å²) in [6.07, 6.45) is 5.35. The number of amides is 1. The first-order valence-corrected chi connectivity index (χ1v) is 7.17. The van der Waals surface area contributed by atoms with Gasteiger partial charge in [0.1, 0.15) is 0 Å². The van der Waals surface area contributed by atoms with Crippen molar-refractivity contribution in [2.24, 2.45) is 11.8 Å². The summed E-state index contributed by atoms with van der Waals surface area (Å²) in [5, 5.41) is 13.3. The Morgan fingerprint density at radius 2 is 1.89 bits per heavy atom. The zero-order valence-corrected chi connectivity index (χ0v) is 11.3. The van der Waals surface area contributed by atoms with Crippen LogP contribution in [0.1, 0.15) is 45.4 Å². The Labute approximate surface area is 109 Å². The molecule has 0 aromatic rings. The van der Waals surface area contributed by atoms with E-state index in [0.717, 1.165) is 38.5 Å². The van der Waals surface area contributed by atoms with Gasteiger partial charge in [-0.05, 0) is 44.4 Å². The highest BCUT2D eigenvalue weighted by Crippen LogP contribution is 2.31. The summed E-state index contributed by atoms with van der Waals surface area (Å²) in [6.45, 7) is 4.00. The third-order valence-corrected chi connectivity index (χ3v) is 4.39. The maximum absolute atomic E-state index is 12.0. The van der Waals surface area contributed by atoms with Crippen molar-refractivity contribution in [1.29, 1.82) is 0 Å². The Hall–Kier alpha value is -0.610. The largest absolute Gasteiger partial charge is 0.388 e. The molecule has 1 aliphatic heterocycles. The predicted molar refractivity (Wildman–Crippen MR) is 69.1 cm³/mol. The van der Waals surface area contributed by atoms with E-state index in [1.165, 1.54) is 0 Å². The van der Waals surface area contributed by atoms with E-state index >= 15 is 0 Å². The maximum Gasteiger partial charge on any atom is 0.223 e. The molecule has 1 heterocycles. The van der Waals surface area contributed by atoms with E-state index in [4.69, 9.17) is 4.74 Å². The van der Waals surface area contributed by atoms with Crippen LogP contribution in [-0.2, 0) is 9.53 Å². The molecule has 0 radical (unpaired) electrons. The molecule has 0 aromatic heterocycles. The van der Waals surface area contributed by atoms with Crippen LogP contribution < -0.4 is 5.32 Å². The lowest BCUT2D eigenvalue weighted by atomic mass is 9.79. The summed E-state index contributed by atoms with van der Waals surface area (Å²) in [7, 11) is 0. The van der Waals surface area contributed by atoms with Gasteiger partial charge in [0.05, 0.1) is 5.60 Å². The van der Waals surface area contributed by atoms with Crippen LogP contribution in [0.4, 0.5) is 0 Å². The van der Waals surface area contributed by atoms with E-state index in [-0.39, 0.29) is 11.8 Å². The molecule has 0 bridgehead atoms. The summed E-state index contributed by atoms with van der Waals surface area (Å²) < 4.78 is 5.25. The molecule has 18 heavy (non-hydrogen) atoms. The maximum atomic E-state index is 12.0. The highest BCUT2D eigenvalue weighted by molar-refractivity contribution is 5.78. The average molecular weight is 255 g/mol. The summed E-state index contributed by atoms with van der Waals surface area (Å²) in [6, 6.07) is 0. The number of hydrogen-bond acceptors (Lipinski definition) is 3. The van der Waals surface area contributed by atoms with Gasteiger partial charge in [-0.25, -0.2) is 0 Å². The number of nitrogens with one attached hydrogen (secondary N) is 1. The molecule has 4 nitrogen and oxygen atoms in total. The van der Waals surface area contributed by atoms with Crippen LogP contribution in [0.3, 0.4) is 0 Å². The van der Waals surface area contributed by atoms with E-state index in [9.17, 15) is 9.90 Å². The highest BCUT2D eigenvalue weighted by Gasteiger charge is 2.33. The second kappa shape index (κ2) is 6.02. The lowest BCUT2D eigenvalue weighted by Gasteiger charge is -2.35. The first-order valence-electron chi connectivity index (χ1n) is 7.17. The van der Waals surface area contributed by atoms with Gasteiger partial charge < -0.3 is 15.2 Å². The standard InChI is InChI=1S/C14H25NO3/c1-11-2-6-14(17,7-3-11)10-15-13(16)12-4-8-18-9-5-12/h11-12,17H,2-10H2,1H3,(H,15,16). The summed E-state index contributed by atoms with van der Waals surface area (Å²) in [5.74, 6) is 0.867. The second-order valence-corrected chi connectivity index (χ2v) is 6.01. The molecule has 0 aromatic carbocycles. The van der Waals surface area contributed by atoms with Crippen molar-refractivity contribution in [3.63, 3.8) is 0 Å². The van der Waals surface area contributed by atoms with E-state index in [2.05, 4.69) is 12.2 Å². The minimum atomic E-state index is -0.673. The van der Waals surface area contributed by atoms with Gasteiger partial charge in [-0.15, -0.1) is 0 Å². The summed E-state index contributed by atoms with van der Waals surface area (Å²) >= 11 is 0. The quantitative estimate of drug-likeness (QED) is 0.803. The SMILES string of the molecule is CC1CCC(O)(CNC(=O)C2CCOCC2)CC1. The molecule has 2 fully saturated rings. The molecule has 2 N–H and O–H groups in total. The lowest BCUT2D eigenvalue weighted by molar-refractivity contribution is -0.129. The minimum Gasteiger partial charge on any atom is -0.388 e. The van der Waals surface area contributed by atoms with Crippen molar-refractivity contribution in [3.05, 3.63) is 0 Å². The fourth-order valence-electron chi connectivity index (χ4n) is 2.83. The monoisotopic (exact) mass is 255 g/mol. The molecular weight excluding hydrogens is 230 g/mol. The van der Waals surface area contributed by atoms with Crippen LogP contribution in [0.15, 0.2) is 0 Å². The molecule has 1 saturated heterocycles. The van der Waals surface area contributed by atoms with E-state index < -0.39 is 5.60 Å². The van der Waals surface area contributed by atoms with E-state index in [1.807, 2.05) is 0 Å².